The molecule has 23 heavy (non-hydrogen) atoms. The number of halogens is 1. The molecule has 0 heterocycles. The van der Waals surface area contributed by atoms with Crippen molar-refractivity contribution in [2.75, 3.05) is 0 Å². The number of rotatable bonds is 0. The van der Waals surface area contributed by atoms with E-state index in [2.05, 4.69) is 84.9 Å². The van der Waals surface area contributed by atoms with Gasteiger partial charge in [0.15, 0.2) is 0 Å². The van der Waals surface area contributed by atoms with E-state index >= 15 is 0 Å². The maximum atomic E-state index is 2.31. The Morgan fingerprint density at radius 2 is 0.522 bits per heavy atom. The van der Waals surface area contributed by atoms with Crippen LogP contribution in [0.1, 0.15) is 0 Å². The lowest BCUT2D eigenvalue weighted by molar-refractivity contribution is 1.78. The summed E-state index contributed by atoms with van der Waals surface area (Å²) >= 11 is 0. The van der Waals surface area contributed by atoms with Crippen molar-refractivity contribution < 1.29 is 0 Å². The van der Waals surface area contributed by atoms with Crippen LogP contribution in [-0.4, -0.2) is 0 Å². The Bertz CT molecular complexity index is 988. The summed E-state index contributed by atoms with van der Waals surface area (Å²) in [6.45, 7) is 0. The fourth-order valence-electron chi connectivity index (χ4n) is 3.39. The van der Waals surface area contributed by atoms with Gasteiger partial charge in [-0.1, -0.05) is 48.5 Å². The number of fused-ring (bicyclic) bond motifs is 4. The quantitative estimate of drug-likeness (QED) is 0.278. The normalized spacial score (nSPS) is 11.1. The number of hydrogen-bond acceptors (Lipinski definition) is 0. The summed E-state index contributed by atoms with van der Waals surface area (Å²) in [5, 5.41) is 10.4. The van der Waals surface area contributed by atoms with Crippen molar-refractivity contribution in [2.45, 2.75) is 0 Å². The fourth-order valence-corrected chi connectivity index (χ4v) is 3.39. The molecule has 5 aromatic rings. The van der Waals surface area contributed by atoms with E-state index in [1.165, 1.54) is 43.1 Å². The second-order valence-corrected chi connectivity index (χ2v) is 5.95. The third-order valence-corrected chi connectivity index (χ3v) is 4.52. The van der Waals surface area contributed by atoms with Gasteiger partial charge in [-0.25, -0.2) is 0 Å². The highest BCUT2D eigenvalue weighted by molar-refractivity contribution is 6.08. The van der Waals surface area contributed by atoms with E-state index in [0.29, 0.717) is 0 Å². The Hall–Kier alpha value is -2.57. The molecule has 0 aliphatic rings. The van der Waals surface area contributed by atoms with Crippen LogP contribution >= 0.6 is 12.4 Å². The van der Waals surface area contributed by atoms with E-state index in [-0.39, 0.29) is 12.4 Å². The zero-order valence-corrected chi connectivity index (χ0v) is 13.3. The number of hydrogen-bond donors (Lipinski definition) is 0. The largest absolute Gasteiger partial charge is 0.147 e. The summed E-state index contributed by atoms with van der Waals surface area (Å²) in [6.07, 6.45) is 0. The molecule has 0 radical (unpaired) electrons. The molecule has 0 N–H and O–H groups in total. The molecular formula is C22H15Cl. The topological polar surface area (TPSA) is 0 Å². The summed E-state index contributed by atoms with van der Waals surface area (Å²) in [4.78, 5) is 0. The lowest BCUT2D eigenvalue weighted by Crippen LogP contribution is -1.80. The average molecular weight is 315 g/mol. The van der Waals surface area contributed by atoms with Crippen molar-refractivity contribution in [1.82, 2.24) is 0 Å². The first-order valence-electron chi connectivity index (χ1n) is 7.62. The molecular weight excluding hydrogens is 300 g/mol. The molecule has 0 saturated heterocycles. The first-order chi connectivity index (χ1) is 10.9. The first kappa shape index (κ1) is 14.0. The average Bonchev–Trinajstić information content (AvgIpc) is 2.56. The maximum absolute atomic E-state index is 2.31. The van der Waals surface area contributed by atoms with Crippen LogP contribution in [0.4, 0.5) is 0 Å². The minimum absolute atomic E-state index is 0. The van der Waals surface area contributed by atoms with Gasteiger partial charge in [0, 0.05) is 0 Å². The molecule has 5 aromatic carbocycles. The lowest BCUT2D eigenvalue weighted by Gasteiger charge is -2.07. The smallest absolute Gasteiger partial charge is 0.0171 e. The van der Waals surface area contributed by atoms with Gasteiger partial charge in [-0.3, -0.25) is 0 Å². The summed E-state index contributed by atoms with van der Waals surface area (Å²) in [5.74, 6) is 0. The van der Waals surface area contributed by atoms with Gasteiger partial charge >= 0.3 is 0 Å². The minimum atomic E-state index is 0. The van der Waals surface area contributed by atoms with Crippen LogP contribution in [0.3, 0.4) is 0 Å². The molecule has 0 aliphatic heterocycles. The second-order valence-electron chi connectivity index (χ2n) is 5.95. The van der Waals surface area contributed by atoms with Crippen molar-refractivity contribution in [3.63, 3.8) is 0 Å². The molecule has 0 fully saturated rings. The zero-order valence-electron chi connectivity index (χ0n) is 12.5. The number of benzene rings is 5. The Morgan fingerprint density at radius 1 is 0.304 bits per heavy atom. The predicted octanol–water partition coefficient (Wildman–Crippen LogP) is 6.72. The Morgan fingerprint density at radius 3 is 0.783 bits per heavy atom. The van der Waals surface area contributed by atoms with Crippen LogP contribution in [0.5, 0.6) is 0 Å². The monoisotopic (exact) mass is 314 g/mol. The van der Waals surface area contributed by atoms with E-state index in [1.54, 1.807) is 0 Å². The third kappa shape index (κ3) is 2.23. The van der Waals surface area contributed by atoms with Crippen molar-refractivity contribution in [1.29, 1.82) is 0 Å². The standard InChI is InChI=1S/C22H14.ClH/c1-2-6-16-10-20-14-22-12-18-8-4-3-7-17(18)11-21(22)13-19(20)9-15(16)5-1;/h1-14H;1H. The van der Waals surface area contributed by atoms with Crippen LogP contribution in [0.15, 0.2) is 84.9 Å². The van der Waals surface area contributed by atoms with Gasteiger partial charge in [-0.2, -0.15) is 0 Å². The molecule has 0 bridgehead atoms. The Balaban J connectivity index is 0.00000135. The highest BCUT2D eigenvalue weighted by Gasteiger charge is 2.02. The maximum Gasteiger partial charge on any atom is -0.0171 e. The SMILES string of the molecule is Cl.c1ccc2cc3cc4cc5ccccc5cc4cc3cc2c1. The van der Waals surface area contributed by atoms with Gasteiger partial charge in [0.05, 0.1) is 0 Å². The molecule has 0 aromatic heterocycles. The van der Waals surface area contributed by atoms with E-state index in [9.17, 15) is 0 Å². The zero-order chi connectivity index (χ0) is 14.5. The molecule has 0 saturated carbocycles. The molecule has 0 unspecified atom stereocenters. The van der Waals surface area contributed by atoms with Crippen LogP contribution in [0, 0.1) is 0 Å². The van der Waals surface area contributed by atoms with Crippen molar-refractivity contribution in [3.05, 3.63) is 84.9 Å². The second kappa shape index (κ2) is 5.26. The summed E-state index contributed by atoms with van der Waals surface area (Å²) < 4.78 is 0. The first-order valence-corrected chi connectivity index (χ1v) is 7.62. The van der Waals surface area contributed by atoms with Gasteiger partial charge in [0.1, 0.15) is 0 Å². The minimum Gasteiger partial charge on any atom is -0.147 e. The van der Waals surface area contributed by atoms with E-state index < -0.39 is 0 Å². The van der Waals surface area contributed by atoms with Crippen molar-refractivity contribution in [3.8, 4) is 0 Å². The Kier molecular flexibility index (Phi) is 3.21. The molecule has 0 aliphatic carbocycles. The molecule has 110 valence electrons. The lowest BCUT2D eigenvalue weighted by atomic mass is 9.97. The van der Waals surface area contributed by atoms with Crippen molar-refractivity contribution in [2.24, 2.45) is 0 Å². The van der Waals surface area contributed by atoms with Crippen LogP contribution in [0.2, 0.25) is 0 Å². The van der Waals surface area contributed by atoms with Gasteiger partial charge in [-0.05, 0) is 79.5 Å². The summed E-state index contributed by atoms with van der Waals surface area (Å²) in [7, 11) is 0. The van der Waals surface area contributed by atoms with Gasteiger partial charge in [0.25, 0.3) is 0 Å². The van der Waals surface area contributed by atoms with Gasteiger partial charge in [0.2, 0.25) is 0 Å². The molecule has 1 heteroatoms. The fraction of sp³-hybridized carbons (Fsp3) is 0. The van der Waals surface area contributed by atoms with E-state index in [4.69, 9.17) is 0 Å². The summed E-state index contributed by atoms with van der Waals surface area (Å²) in [5.41, 5.74) is 0. The Labute approximate surface area is 140 Å². The third-order valence-electron chi connectivity index (χ3n) is 4.52. The summed E-state index contributed by atoms with van der Waals surface area (Å²) in [6, 6.07) is 30.9. The van der Waals surface area contributed by atoms with Crippen molar-refractivity contribution >= 4 is 55.5 Å². The van der Waals surface area contributed by atoms with Gasteiger partial charge < -0.3 is 0 Å². The van der Waals surface area contributed by atoms with Crippen LogP contribution in [-0.2, 0) is 0 Å². The molecule has 0 nitrogen and oxygen atoms in total. The molecule has 0 amide bonds. The van der Waals surface area contributed by atoms with E-state index in [0.717, 1.165) is 0 Å². The highest BCUT2D eigenvalue weighted by atomic mass is 35.5. The van der Waals surface area contributed by atoms with Crippen LogP contribution in [0.25, 0.3) is 43.1 Å². The van der Waals surface area contributed by atoms with E-state index in [1.807, 2.05) is 0 Å². The highest BCUT2D eigenvalue weighted by Crippen LogP contribution is 2.29. The molecule has 0 atom stereocenters. The molecule has 5 rings (SSSR count). The van der Waals surface area contributed by atoms with Crippen LogP contribution < -0.4 is 0 Å². The molecule has 0 spiro atoms. The van der Waals surface area contributed by atoms with Gasteiger partial charge in [-0.15, -0.1) is 12.4 Å². The predicted molar refractivity (Wildman–Crippen MR) is 104 cm³/mol.